The lowest BCUT2D eigenvalue weighted by Gasteiger charge is -2.34. The van der Waals surface area contributed by atoms with Crippen LogP contribution in [-0.4, -0.2) is 248 Å². The zero-order valence-corrected chi connectivity index (χ0v) is 42.4. The minimum absolute atomic E-state index is 0.584. The molecule has 0 radical (unpaired) electrons. The molecule has 4 rings (SSSR count). The van der Waals surface area contributed by atoms with Gasteiger partial charge in [-0.05, 0) is 90.5 Å². The fourth-order valence-corrected chi connectivity index (χ4v) is 10.0. The molecule has 0 aromatic carbocycles. The molecule has 15 nitrogen and oxygen atoms in total. The Labute approximate surface area is 399 Å². The van der Waals surface area contributed by atoms with Crippen molar-refractivity contribution in [2.75, 3.05) is 203 Å². The minimum atomic E-state index is -1.42. The topological polar surface area (TPSA) is 141 Å². The predicted octanol–water partition coefficient (Wildman–Crippen LogP) is 3.66. The van der Waals surface area contributed by atoms with Crippen molar-refractivity contribution in [1.29, 1.82) is 0 Å². The average molecular weight is 924 g/mol. The zero-order valence-electron chi connectivity index (χ0n) is 42.4. The fourth-order valence-electron chi connectivity index (χ4n) is 10.0. The second-order valence-electron chi connectivity index (χ2n) is 19.6. The Bertz CT molecular complexity index is 906. The predicted molar refractivity (Wildman–Crippen MR) is 269 cm³/mol. The number of piperazine rings is 4. The Hall–Kier alpha value is -0.600. The molecule has 0 spiro atoms. The molecule has 0 bridgehead atoms. The molecule has 384 valence electrons. The molecule has 0 aromatic heterocycles. The number of nitrogens with zero attached hydrogens (tertiary/aromatic N) is 8. The first kappa shape index (κ1) is 57.0. The third kappa shape index (κ3) is 26.3. The Balaban J connectivity index is 1.21. The molecule has 0 saturated carbocycles. The van der Waals surface area contributed by atoms with E-state index in [2.05, 4.69) is 46.1 Å². The van der Waals surface area contributed by atoms with Gasteiger partial charge in [-0.15, -0.1) is 0 Å². The Kier molecular flexibility index (Phi) is 32.7. The van der Waals surface area contributed by atoms with E-state index in [0.29, 0.717) is 26.4 Å². The highest BCUT2D eigenvalue weighted by molar-refractivity contribution is 4.75. The van der Waals surface area contributed by atoms with Crippen molar-refractivity contribution in [1.82, 2.24) is 39.2 Å². The van der Waals surface area contributed by atoms with Crippen molar-refractivity contribution in [3.8, 4) is 0 Å². The van der Waals surface area contributed by atoms with Gasteiger partial charge < -0.3 is 60.6 Å². The fraction of sp³-hybridized carbons (Fsp3) is 1.00. The van der Waals surface area contributed by atoms with Crippen molar-refractivity contribution < 1.29 is 18.9 Å². The van der Waals surface area contributed by atoms with Gasteiger partial charge in [-0.25, -0.2) is 0 Å². The summed E-state index contributed by atoms with van der Waals surface area (Å²) in [6.45, 7) is 34.7. The standard InChI is InChI=1S/C50H105N11O4/c1-2-22-54-30-32-55(33-31-54)23-11-3-7-15-46-62-50(63-47-16-8-4-12-24-56-34-40-59(27-19-51)41-35-56,64-48-17-9-5-13-25-57-36-42-60(28-20-52)43-37-57)65-49-18-10-6-14-26-58-38-44-61(29-21-53)45-39-58/h2-49,51-53H2,1H3. The van der Waals surface area contributed by atoms with E-state index in [1.54, 1.807) is 0 Å². The summed E-state index contributed by atoms with van der Waals surface area (Å²) in [6.07, 6.45) is 18.1. The normalized spacial score (nSPS) is 20.1. The molecule has 4 aliphatic rings. The van der Waals surface area contributed by atoms with Gasteiger partial charge in [0.1, 0.15) is 0 Å². The molecule has 4 heterocycles. The maximum Gasteiger partial charge on any atom is 0.412 e. The molecular weight excluding hydrogens is 819 g/mol. The second kappa shape index (κ2) is 37.3. The van der Waals surface area contributed by atoms with Gasteiger partial charge in [0.15, 0.2) is 0 Å². The van der Waals surface area contributed by atoms with Crippen LogP contribution < -0.4 is 17.2 Å². The molecule has 15 heteroatoms. The van der Waals surface area contributed by atoms with E-state index >= 15 is 0 Å². The van der Waals surface area contributed by atoms with E-state index in [1.165, 1.54) is 117 Å². The minimum Gasteiger partial charge on any atom is -0.329 e. The molecule has 65 heavy (non-hydrogen) atoms. The molecule has 6 N–H and O–H groups in total. The summed E-state index contributed by atoms with van der Waals surface area (Å²) in [5.74, 6) is 0. The summed E-state index contributed by atoms with van der Waals surface area (Å²) < 4.78 is 26.5. The summed E-state index contributed by atoms with van der Waals surface area (Å²) >= 11 is 0. The first-order valence-electron chi connectivity index (χ1n) is 27.5. The third-order valence-electron chi connectivity index (χ3n) is 14.3. The van der Waals surface area contributed by atoms with Gasteiger partial charge in [-0.2, -0.15) is 0 Å². The lowest BCUT2D eigenvalue weighted by atomic mass is 10.2. The van der Waals surface area contributed by atoms with Crippen LogP contribution in [0.15, 0.2) is 0 Å². The Morgan fingerprint density at radius 2 is 0.477 bits per heavy atom. The number of hydrogen-bond donors (Lipinski definition) is 3. The Morgan fingerprint density at radius 3 is 0.692 bits per heavy atom. The van der Waals surface area contributed by atoms with Crippen LogP contribution in [0.3, 0.4) is 0 Å². The van der Waals surface area contributed by atoms with Gasteiger partial charge in [0.05, 0.1) is 26.4 Å². The van der Waals surface area contributed by atoms with Gasteiger partial charge in [-0.3, -0.25) is 14.7 Å². The molecular formula is C50H105N11O4. The molecule has 0 aromatic rings. The maximum absolute atomic E-state index is 6.62. The number of ether oxygens (including phenoxy) is 4. The summed E-state index contributed by atoms with van der Waals surface area (Å²) in [7, 11) is 0. The molecule has 0 amide bonds. The monoisotopic (exact) mass is 924 g/mol. The van der Waals surface area contributed by atoms with Crippen LogP contribution in [0.2, 0.25) is 0 Å². The van der Waals surface area contributed by atoms with Crippen LogP contribution in [-0.2, 0) is 18.9 Å². The lowest BCUT2D eigenvalue weighted by Crippen LogP contribution is -2.47. The van der Waals surface area contributed by atoms with E-state index in [9.17, 15) is 0 Å². The highest BCUT2D eigenvalue weighted by atomic mass is 17.0. The van der Waals surface area contributed by atoms with E-state index in [-0.39, 0.29) is 0 Å². The van der Waals surface area contributed by atoms with E-state index < -0.39 is 6.16 Å². The quantitative estimate of drug-likeness (QED) is 0.0608. The lowest BCUT2D eigenvalue weighted by molar-refractivity contribution is -0.499. The molecule has 4 aliphatic heterocycles. The number of unbranched alkanes of at least 4 members (excludes halogenated alkanes) is 12. The van der Waals surface area contributed by atoms with Gasteiger partial charge >= 0.3 is 6.16 Å². The van der Waals surface area contributed by atoms with Gasteiger partial charge in [0, 0.05) is 144 Å². The van der Waals surface area contributed by atoms with Crippen LogP contribution in [0.4, 0.5) is 0 Å². The molecule has 4 saturated heterocycles. The van der Waals surface area contributed by atoms with Gasteiger partial charge in [-0.1, -0.05) is 58.3 Å². The smallest absolute Gasteiger partial charge is 0.329 e. The van der Waals surface area contributed by atoms with Gasteiger partial charge in [0.25, 0.3) is 0 Å². The molecule has 0 atom stereocenters. The van der Waals surface area contributed by atoms with Crippen molar-refractivity contribution in [2.45, 2.75) is 122 Å². The van der Waals surface area contributed by atoms with Crippen LogP contribution >= 0.6 is 0 Å². The van der Waals surface area contributed by atoms with Crippen LogP contribution in [0.1, 0.15) is 116 Å². The molecule has 0 unspecified atom stereocenters. The molecule has 0 aliphatic carbocycles. The summed E-state index contributed by atoms with van der Waals surface area (Å²) in [5, 5.41) is 0. The summed E-state index contributed by atoms with van der Waals surface area (Å²) in [6, 6.07) is 0. The van der Waals surface area contributed by atoms with E-state index in [1.807, 2.05) is 0 Å². The van der Waals surface area contributed by atoms with E-state index in [4.69, 9.17) is 36.1 Å². The summed E-state index contributed by atoms with van der Waals surface area (Å²) in [4.78, 5) is 20.6. The average Bonchev–Trinajstić information content (AvgIpc) is 3.32. The largest absolute Gasteiger partial charge is 0.412 e. The first-order valence-corrected chi connectivity index (χ1v) is 27.5. The number of hydrogen-bond acceptors (Lipinski definition) is 15. The SMILES string of the molecule is CCCN1CCN(CCCCCCOC(OCCCCCCN2CCN(CCN)CC2)(OCCCCCCN2CCN(CCN)CC2)OCCCCCCN2CCN(CCN)CC2)CC1. The van der Waals surface area contributed by atoms with Gasteiger partial charge in [0.2, 0.25) is 0 Å². The maximum atomic E-state index is 6.62. The third-order valence-corrected chi connectivity index (χ3v) is 14.3. The van der Waals surface area contributed by atoms with Crippen molar-refractivity contribution >= 4 is 0 Å². The molecule has 4 fully saturated rings. The highest BCUT2D eigenvalue weighted by Gasteiger charge is 2.36. The van der Waals surface area contributed by atoms with Crippen LogP contribution in [0, 0.1) is 0 Å². The number of nitrogens with two attached hydrogens (primary N) is 3. The summed E-state index contributed by atoms with van der Waals surface area (Å²) in [5.41, 5.74) is 17.4. The van der Waals surface area contributed by atoms with Crippen molar-refractivity contribution in [3.05, 3.63) is 0 Å². The van der Waals surface area contributed by atoms with Crippen molar-refractivity contribution in [3.63, 3.8) is 0 Å². The van der Waals surface area contributed by atoms with Crippen LogP contribution in [0.25, 0.3) is 0 Å². The van der Waals surface area contributed by atoms with Crippen molar-refractivity contribution in [2.24, 2.45) is 17.2 Å². The van der Waals surface area contributed by atoms with E-state index in [0.717, 1.165) is 169 Å². The second-order valence-corrected chi connectivity index (χ2v) is 19.6. The zero-order chi connectivity index (χ0) is 45.9. The Morgan fingerprint density at radius 1 is 0.277 bits per heavy atom. The highest BCUT2D eigenvalue weighted by Crippen LogP contribution is 2.23. The van der Waals surface area contributed by atoms with Crippen LogP contribution in [0.5, 0.6) is 0 Å². The number of rotatable bonds is 40. The first-order chi connectivity index (χ1) is 32.0.